The number of hydrogen-bond donors (Lipinski definition) is 2. The maximum absolute atomic E-state index is 12.2. The molecule has 1 aliphatic heterocycles. The summed E-state index contributed by atoms with van der Waals surface area (Å²) in [5.41, 5.74) is 2.57. The number of benzene rings is 1. The molecule has 2 atom stereocenters. The molecule has 2 amide bonds. The van der Waals surface area contributed by atoms with Crippen molar-refractivity contribution in [2.24, 2.45) is 0 Å². The molecule has 0 aromatic heterocycles. The van der Waals surface area contributed by atoms with E-state index in [1.807, 2.05) is 6.92 Å². The summed E-state index contributed by atoms with van der Waals surface area (Å²) in [5, 5.41) is 6.06. The van der Waals surface area contributed by atoms with Gasteiger partial charge in [-0.2, -0.15) is 0 Å². The van der Waals surface area contributed by atoms with Gasteiger partial charge in [-0.3, -0.25) is 4.90 Å². The first-order valence-electron chi connectivity index (χ1n) is 9.20. The van der Waals surface area contributed by atoms with Gasteiger partial charge in [0.1, 0.15) is 0 Å². The van der Waals surface area contributed by atoms with Gasteiger partial charge in [0.2, 0.25) is 0 Å². The molecule has 1 heterocycles. The van der Waals surface area contributed by atoms with Crippen LogP contribution in [0.4, 0.5) is 4.79 Å². The number of urea groups is 1. The SMILES string of the molecule is C[C@@H](NC(=O)NC[C@H]1CN(C)CCN1C)c1ccc(C(C)(C)C)cc1. The van der Waals surface area contributed by atoms with E-state index in [0.29, 0.717) is 12.6 Å². The second-order valence-corrected chi connectivity index (χ2v) is 8.34. The molecular weight excluding hydrogens is 312 g/mol. The Balaban J connectivity index is 1.83. The van der Waals surface area contributed by atoms with Gasteiger partial charge in [0.25, 0.3) is 0 Å². The van der Waals surface area contributed by atoms with Gasteiger partial charge in [0, 0.05) is 32.2 Å². The van der Waals surface area contributed by atoms with Crippen molar-refractivity contribution in [3.8, 4) is 0 Å². The average Bonchev–Trinajstić information content (AvgIpc) is 2.55. The maximum atomic E-state index is 12.2. The Labute approximate surface area is 152 Å². The monoisotopic (exact) mass is 346 g/mol. The lowest BCUT2D eigenvalue weighted by atomic mass is 9.86. The Hall–Kier alpha value is -1.59. The van der Waals surface area contributed by atoms with Crippen molar-refractivity contribution in [3.63, 3.8) is 0 Å². The van der Waals surface area contributed by atoms with Crippen LogP contribution in [0.3, 0.4) is 0 Å². The molecule has 1 aromatic carbocycles. The molecule has 25 heavy (non-hydrogen) atoms. The molecule has 140 valence electrons. The molecule has 0 aliphatic carbocycles. The fraction of sp³-hybridized carbons (Fsp3) is 0.650. The van der Waals surface area contributed by atoms with Crippen molar-refractivity contribution in [2.75, 3.05) is 40.3 Å². The first-order chi connectivity index (χ1) is 11.7. The molecule has 0 bridgehead atoms. The highest BCUT2D eigenvalue weighted by Crippen LogP contribution is 2.23. The van der Waals surface area contributed by atoms with Gasteiger partial charge in [-0.15, -0.1) is 0 Å². The third kappa shape index (κ3) is 5.72. The van der Waals surface area contributed by atoms with Crippen LogP contribution in [0, 0.1) is 0 Å². The molecule has 2 N–H and O–H groups in total. The average molecular weight is 347 g/mol. The Morgan fingerprint density at radius 3 is 2.44 bits per heavy atom. The zero-order valence-electron chi connectivity index (χ0n) is 16.6. The fourth-order valence-corrected chi connectivity index (χ4v) is 3.14. The number of nitrogens with one attached hydrogen (secondary N) is 2. The molecular formula is C20H34N4O. The predicted molar refractivity (Wildman–Crippen MR) is 104 cm³/mol. The maximum Gasteiger partial charge on any atom is 0.315 e. The van der Waals surface area contributed by atoms with Crippen molar-refractivity contribution in [3.05, 3.63) is 35.4 Å². The lowest BCUT2D eigenvalue weighted by Gasteiger charge is -2.37. The second kappa shape index (κ2) is 8.19. The Morgan fingerprint density at radius 2 is 1.84 bits per heavy atom. The number of likely N-dealkylation sites (N-methyl/N-ethyl adjacent to an activating group) is 2. The zero-order valence-corrected chi connectivity index (χ0v) is 16.6. The van der Waals surface area contributed by atoms with Crippen LogP contribution < -0.4 is 10.6 Å². The second-order valence-electron chi connectivity index (χ2n) is 8.34. The highest BCUT2D eigenvalue weighted by Gasteiger charge is 2.22. The summed E-state index contributed by atoms with van der Waals surface area (Å²) in [6, 6.07) is 8.77. The highest BCUT2D eigenvalue weighted by molar-refractivity contribution is 5.74. The van der Waals surface area contributed by atoms with Gasteiger partial charge in [-0.25, -0.2) is 4.79 Å². The molecule has 1 aliphatic rings. The van der Waals surface area contributed by atoms with Crippen LogP contribution in [0.1, 0.15) is 44.9 Å². The van der Waals surface area contributed by atoms with Crippen molar-refractivity contribution in [2.45, 2.75) is 45.2 Å². The Morgan fingerprint density at radius 1 is 1.20 bits per heavy atom. The number of piperazine rings is 1. The molecule has 0 saturated carbocycles. The summed E-state index contributed by atoms with van der Waals surface area (Å²) in [5.74, 6) is 0. The van der Waals surface area contributed by atoms with E-state index in [-0.39, 0.29) is 17.5 Å². The first-order valence-corrected chi connectivity index (χ1v) is 9.20. The minimum Gasteiger partial charge on any atom is -0.337 e. The Bertz CT molecular complexity index is 564. The normalized spacial score (nSPS) is 21.0. The summed E-state index contributed by atoms with van der Waals surface area (Å²) in [4.78, 5) is 16.9. The first kappa shape index (κ1) is 19.7. The van der Waals surface area contributed by atoms with Crippen molar-refractivity contribution in [1.82, 2.24) is 20.4 Å². The van der Waals surface area contributed by atoms with E-state index in [0.717, 1.165) is 25.2 Å². The van der Waals surface area contributed by atoms with E-state index in [9.17, 15) is 4.79 Å². The minimum absolute atomic E-state index is 0.0132. The number of carbonyl (C=O) groups excluding carboxylic acids is 1. The number of amides is 2. The smallest absolute Gasteiger partial charge is 0.315 e. The standard InChI is InChI=1S/C20H34N4O/c1-15(16-7-9-17(10-8-16)20(2,3)4)22-19(25)21-13-18-14-23(5)11-12-24(18)6/h7-10,15,18H,11-14H2,1-6H3,(H2,21,22,25)/t15-,18+/m1/s1. The molecule has 1 fully saturated rings. The molecule has 5 heteroatoms. The molecule has 1 aromatic rings. The van der Waals surface area contributed by atoms with Crippen LogP contribution in [0.2, 0.25) is 0 Å². The van der Waals surface area contributed by atoms with E-state index in [1.54, 1.807) is 0 Å². The van der Waals surface area contributed by atoms with Crippen LogP contribution in [0.15, 0.2) is 24.3 Å². The van der Waals surface area contributed by atoms with Gasteiger partial charge in [0.15, 0.2) is 0 Å². The quantitative estimate of drug-likeness (QED) is 0.881. The van der Waals surface area contributed by atoms with Crippen molar-refractivity contribution < 1.29 is 4.79 Å². The topological polar surface area (TPSA) is 47.6 Å². The fourth-order valence-electron chi connectivity index (χ4n) is 3.14. The largest absolute Gasteiger partial charge is 0.337 e. The van der Waals surface area contributed by atoms with Gasteiger partial charge in [0.05, 0.1) is 6.04 Å². The summed E-state index contributed by atoms with van der Waals surface area (Å²) >= 11 is 0. The van der Waals surface area contributed by atoms with E-state index < -0.39 is 0 Å². The molecule has 0 unspecified atom stereocenters. The summed E-state index contributed by atoms with van der Waals surface area (Å²) in [6.45, 7) is 12.4. The Kier molecular flexibility index (Phi) is 6.47. The minimum atomic E-state index is -0.103. The van der Waals surface area contributed by atoms with Gasteiger partial charge in [-0.05, 0) is 37.6 Å². The van der Waals surface area contributed by atoms with E-state index >= 15 is 0 Å². The van der Waals surface area contributed by atoms with Crippen LogP contribution in [-0.4, -0.2) is 62.1 Å². The van der Waals surface area contributed by atoms with E-state index in [2.05, 4.69) is 79.6 Å². The predicted octanol–water partition coefficient (Wildman–Crippen LogP) is 2.59. The highest BCUT2D eigenvalue weighted by atomic mass is 16.2. The molecule has 0 radical (unpaired) electrons. The third-order valence-corrected chi connectivity index (χ3v) is 5.10. The molecule has 0 spiro atoms. The van der Waals surface area contributed by atoms with Gasteiger partial charge in [-0.1, -0.05) is 45.0 Å². The summed E-state index contributed by atoms with van der Waals surface area (Å²) in [6.07, 6.45) is 0. The van der Waals surface area contributed by atoms with Crippen LogP contribution in [-0.2, 0) is 5.41 Å². The van der Waals surface area contributed by atoms with Crippen LogP contribution >= 0.6 is 0 Å². The van der Waals surface area contributed by atoms with Crippen molar-refractivity contribution >= 4 is 6.03 Å². The zero-order chi connectivity index (χ0) is 18.6. The van der Waals surface area contributed by atoms with Crippen molar-refractivity contribution in [1.29, 1.82) is 0 Å². The van der Waals surface area contributed by atoms with E-state index in [1.165, 1.54) is 5.56 Å². The number of rotatable bonds is 4. The van der Waals surface area contributed by atoms with Crippen LogP contribution in [0.25, 0.3) is 0 Å². The third-order valence-electron chi connectivity index (χ3n) is 5.10. The molecule has 1 saturated heterocycles. The van der Waals surface area contributed by atoms with Gasteiger partial charge >= 0.3 is 6.03 Å². The summed E-state index contributed by atoms with van der Waals surface area (Å²) in [7, 11) is 4.25. The van der Waals surface area contributed by atoms with E-state index in [4.69, 9.17) is 0 Å². The van der Waals surface area contributed by atoms with Gasteiger partial charge < -0.3 is 15.5 Å². The number of hydrogen-bond acceptors (Lipinski definition) is 3. The summed E-state index contributed by atoms with van der Waals surface area (Å²) < 4.78 is 0. The van der Waals surface area contributed by atoms with Crippen LogP contribution in [0.5, 0.6) is 0 Å². The molecule has 5 nitrogen and oxygen atoms in total. The number of nitrogens with zero attached hydrogens (tertiary/aromatic N) is 2. The number of carbonyl (C=O) groups is 1. The lowest BCUT2D eigenvalue weighted by Crippen LogP contribution is -2.55. The lowest BCUT2D eigenvalue weighted by molar-refractivity contribution is 0.114. The molecule has 2 rings (SSSR count).